The van der Waals surface area contributed by atoms with Gasteiger partial charge in [0, 0.05) is 6.42 Å². The lowest BCUT2D eigenvalue weighted by Crippen LogP contribution is -2.65. The van der Waals surface area contributed by atoms with Crippen LogP contribution in [0.3, 0.4) is 0 Å². The molecule has 0 spiro atoms. The van der Waals surface area contributed by atoms with Crippen LogP contribution in [0.1, 0.15) is 136 Å². The molecule has 2 fully saturated rings. The van der Waals surface area contributed by atoms with Crippen LogP contribution in [0.4, 0.5) is 0 Å². The molecule has 51 heavy (non-hydrogen) atoms. The number of ether oxygens (including phenoxy) is 4. The lowest BCUT2D eigenvalue weighted by molar-refractivity contribution is -0.359. The zero-order chi connectivity index (χ0) is 37.6. The van der Waals surface area contributed by atoms with E-state index in [1.165, 1.54) is 77.0 Å². The van der Waals surface area contributed by atoms with Crippen LogP contribution >= 0.6 is 0 Å². The molecule has 0 aliphatic carbocycles. The number of nitrogens with one attached hydrogen (secondary N) is 1. The first kappa shape index (κ1) is 46.1. The van der Waals surface area contributed by atoms with E-state index in [4.69, 9.17) is 18.9 Å². The summed E-state index contributed by atoms with van der Waals surface area (Å²) in [4.78, 5) is 12.5. The van der Waals surface area contributed by atoms with Crippen molar-refractivity contribution >= 4 is 5.91 Å². The molecule has 14 heteroatoms. The summed E-state index contributed by atoms with van der Waals surface area (Å²) in [6.45, 7) is 2.46. The number of carbonyl (C=O) groups excluding carboxylic acids is 1. The van der Waals surface area contributed by atoms with Crippen molar-refractivity contribution in [3.63, 3.8) is 0 Å². The molecule has 2 rings (SSSR count). The van der Waals surface area contributed by atoms with E-state index in [1.54, 1.807) is 0 Å². The minimum atomic E-state index is -1.77. The van der Waals surface area contributed by atoms with Crippen LogP contribution < -0.4 is 5.32 Å². The van der Waals surface area contributed by atoms with E-state index in [0.717, 1.165) is 25.7 Å². The Balaban J connectivity index is 1.77. The van der Waals surface area contributed by atoms with Gasteiger partial charge in [0.1, 0.15) is 48.8 Å². The summed E-state index contributed by atoms with van der Waals surface area (Å²) in [5, 5.41) is 85.5. The summed E-state index contributed by atoms with van der Waals surface area (Å²) in [5.41, 5.74) is 0. The van der Waals surface area contributed by atoms with E-state index in [0.29, 0.717) is 12.8 Å². The van der Waals surface area contributed by atoms with Crippen molar-refractivity contribution in [2.45, 2.75) is 209 Å². The standard InChI is InChI=1S/C37H71NO13/c1-3-5-6-7-8-9-10-11-12-13-14-15-16-17-18-19-21-26(41)25(38-29(42)20-4-2)24-48-36-34(47)32(45)35(28(23-40)50-36)51-37-33(46)31(44)30(43)27(22-39)49-37/h25-28,30-37,39-41,43-47H,3-24H2,1-2H3,(H,38,42). The van der Waals surface area contributed by atoms with Gasteiger partial charge in [-0.3, -0.25) is 4.79 Å². The summed E-state index contributed by atoms with van der Waals surface area (Å²) < 4.78 is 22.4. The summed E-state index contributed by atoms with van der Waals surface area (Å²) in [6, 6.07) is -0.816. The molecule has 14 nitrogen and oxygen atoms in total. The highest BCUT2D eigenvalue weighted by molar-refractivity contribution is 5.76. The molecule has 2 saturated heterocycles. The molecule has 1 amide bonds. The number of amides is 1. The minimum absolute atomic E-state index is 0.250. The van der Waals surface area contributed by atoms with Gasteiger partial charge in [-0.25, -0.2) is 0 Å². The quantitative estimate of drug-likeness (QED) is 0.0524. The maximum atomic E-state index is 12.5. The number of carbonyl (C=O) groups is 1. The Bertz CT molecular complexity index is 883. The van der Waals surface area contributed by atoms with Gasteiger partial charge >= 0.3 is 0 Å². The largest absolute Gasteiger partial charge is 0.394 e. The van der Waals surface area contributed by atoms with Gasteiger partial charge in [0.25, 0.3) is 0 Å². The molecule has 0 aromatic rings. The van der Waals surface area contributed by atoms with Crippen molar-refractivity contribution in [1.82, 2.24) is 5.32 Å². The first-order chi connectivity index (χ1) is 24.6. The molecule has 302 valence electrons. The number of rotatable bonds is 28. The normalized spacial score (nSPS) is 31.0. The van der Waals surface area contributed by atoms with Crippen molar-refractivity contribution in [3.05, 3.63) is 0 Å². The van der Waals surface area contributed by atoms with E-state index in [1.807, 2.05) is 6.92 Å². The van der Waals surface area contributed by atoms with E-state index in [2.05, 4.69) is 12.2 Å². The Morgan fingerprint density at radius 3 is 1.63 bits per heavy atom. The van der Waals surface area contributed by atoms with Crippen LogP contribution in [0.5, 0.6) is 0 Å². The van der Waals surface area contributed by atoms with Crippen molar-refractivity contribution in [2.75, 3.05) is 19.8 Å². The molecule has 2 aliphatic heterocycles. The fourth-order valence-corrected chi connectivity index (χ4v) is 6.75. The summed E-state index contributed by atoms with van der Waals surface area (Å²) in [7, 11) is 0. The Morgan fingerprint density at radius 1 is 0.627 bits per heavy atom. The van der Waals surface area contributed by atoms with Gasteiger partial charge < -0.3 is 65.1 Å². The van der Waals surface area contributed by atoms with Gasteiger partial charge in [-0.05, 0) is 12.8 Å². The number of hydrogen-bond acceptors (Lipinski definition) is 13. The first-order valence-corrected chi connectivity index (χ1v) is 19.8. The molecule has 0 aromatic heterocycles. The number of aliphatic hydroxyl groups excluding tert-OH is 8. The monoisotopic (exact) mass is 737 g/mol. The minimum Gasteiger partial charge on any atom is -0.394 e. The van der Waals surface area contributed by atoms with Crippen molar-refractivity contribution in [2.24, 2.45) is 0 Å². The average Bonchev–Trinajstić information content (AvgIpc) is 3.12. The zero-order valence-electron chi connectivity index (χ0n) is 31.1. The molecule has 0 bridgehead atoms. The zero-order valence-corrected chi connectivity index (χ0v) is 31.1. The van der Waals surface area contributed by atoms with Crippen LogP contribution in [-0.4, -0.2) is 140 Å². The van der Waals surface area contributed by atoms with Crippen LogP contribution in [-0.2, 0) is 23.7 Å². The maximum absolute atomic E-state index is 12.5. The highest BCUT2D eigenvalue weighted by Crippen LogP contribution is 2.30. The second-order valence-electron chi connectivity index (χ2n) is 14.4. The van der Waals surface area contributed by atoms with Crippen molar-refractivity contribution < 1.29 is 64.6 Å². The number of hydrogen-bond donors (Lipinski definition) is 9. The van der Waals surface area contributed by atoms with Gasteiger partial charge in [-0.1, -0.05) is 117 Å². The van der Waals surface area contributed by atoms with E-state index in [-0.39, 0.29) is 18.9 Å². The van der Waals surface area contributed by atoms with Gasteiger partial charge in [0.05, 0.1) is 32.0 Å². The third-order valence-corrected chi connectivity index (χ3v) is 10.0. The second kappa shape index (κ2) is 26.7. The Kier molecular flexibility index (Phi) is 24.2. The topological polar surface area (TPSA) is 228 Å². The Labute approximate surface area is 304 Å². The highest BCUT2D eigenvalue weighted by atomic mass is 16.7. The van der Waals surface area contributed by atoms with E-state index in [9.17, 15) is 45.6 Å². The van der Waals surface area contributed by atoms with E-state index < -0.39 is 86.8 Å². The Hall–Kier alpha value is -1.01. The molecule has 0 saturated carbocycles. The van der Waals surface area contributed by atoms with Gasteiger partial charge in [-0.15, -0.1) is 0 Å². The molecule has 0 radical (unpaired) electrons. The highest BCUT2D eigenvalue weighted by Gasteiger charge is 2.50. The lowest BCUT2D eigenvalue weighted by Gasteiger charge is -2.46. The van der Waals surface area contributed by atoms with Crippen molar-refractivity contribution in [3.8, 4) is 0 Å². The summed E-state index contributed by atoms with van der Waals surface area (Å²) in [5.74, 6) is -0.261. The molecular formula is C37H71NO13. The maximum Gasteiger partial charge on any atom is 0.220 e. The predicted octanol–water partition coefficient (Wildman–Crippen LogP) is 1.92. The number of unbranched alkanes of at least 4 members (excludes halogenated alkanes) is 15. The summed E-state index contributed by atoms with van der Waals surface area (Å²) in [6.07, 6.45) is 4.49. The Morgan fingerprint density at radius 2 is 1.12 bits per heavy atom. The predicted molar refractivity (Wildman–Crippen MR) is 189 cm³/mol. The van der Waals surface area contributed by atoms with Crippen LogP contribution in [0.15, 0.2) is 0 Å². The van der Waals surface area contributed by atoms with Gasteiger partial charge in [-0.2, -0.15) is 0 Å². The molecule has 12 unspecified atom stereocenters. The molecule has 2 aliphatic rings. The SMILES string of the molecule is CCCCCCCCCCCCCCCCCCC(O)C(COC1OC(CO)C(OC2OC(CO)C(O)C(O)C2O)C(O)C1O)NC(=O)CCC. The fraction of sp³-hybridized carbons (Fsp3) is 0.973. The molecule has 2 heterocycles. The molecular weight excluding hydrogens is 666 g/mol. The number of aliphatic hydroxyl groups is 8. The average molecular weight is 738 g/mol. The lowest BCUT2D eigenvalue weighted by atomic mass is 9.97. The second-order valence-corrected chi connectivity index (χ2v) is 14.4. The van der Waals surface area contributed by atoms with E-state index >= 15 is 0 Å². The fourth-order valence-electron chi connectivity index (χ4n) is 6.75. The van der Waals surface area contributed by atoms with Crippen molar-refractivity contribution in [1.29, 1.82) is 0 Å². The smallest absolute Gasteiger partial charge is 0.220 e. The molecule has 0 aromatic carbocycles. The van der Waals surface area contributed by atoms with Crippen LogP contribution in [0.25, 0.3) is 0 Å². The van der Waals surface area contributed by atoms with Crippen LogP contribution in [0.2, 0.25) is 0 Å². The van der Waals surface area contributed by atoms with Crippen LogP contribution in [0, 0.1) is 0 Å². The molecule has 9 N–H and O–H groups in total. The summed E-state index contributed by atoms with van der Waals surface area (Å²) >= 11 is 0. The van der Waals surface area contributed by atoms with Gasteiger partial charge in [0.2, 0.25) is 5.91 Å². The molecule has 12 atom stereocenters. The third kappa shape index (κ3) is 16.5. The third-order valence-electron chi connectivity index (χ3n) is 10.0. The first-order valence-electron chi connectivity index (χ1n) is 19.8. The van der Waals surface area contributed by atoms with Gasteiger partial charge in [0.15, 0.2) is 12.6 Å².